The predicted octanol–water partition coefficient (Wildman–Crippen LogP) is 3.84. The molecule has 0 bridgehead atoms. The van der Waals surface area contributed by atoms with Crippen LogP contribution in [0.3, 0.4) is 0 Å². The molecule has 0 atom stereocenters. The Morgan fingerprint density at radius 3 is 2.16 bits per heavy atom. The second kappa shape index (κ2) is 9.85. The summed E-state index contributed by atoms with van der Waals surface area (Å²) in [7, 11) is 6.41. The van der Waals surface area contributed by atoms with Crippen molar-refractivity contribution in [2.24, 2.45) is 0 Å². The van der Waals surface area contributed by atoms with E-state index in [1.54, 1.807) is 21.3 Å². The number of hydrogen-bond acceptors (Lipinski definition) is 5. The molecule has 0 unspecified atom stereocenters. The van der Waals surface area contributed by atoms with E-state index < -0.39 is 8.80 Å². The average molecular weight is 319 g/mol. The first-order valence-corrected chi connectivity index (χ1v) is 10.6. The molecule has 1 aromatic carbocycles. The fourth-order valence-electron chi connectivity index (χ4n) is 1.65. The van der Waals surface area contributed by atoms with E-state index in [0.717, 1.165) is 24.0 Å². The molecule has 6 heteroatoms. The molecule has 3 nitrogen and oxygen atoms in total. The summed E-state index contributed by atoms with van der Waals surface area (Å²) in [6.07, 6.45) is 1.05. The van der Waals surface area contributed by atoms with E-state index in [9.17, 15) is 0 Å². The van der Waals surface area contributed by atoms with Gasteiger partial charge in [-0.25, -0.2) is 0 Å². The van der Waals surface area contributed by atoms with Gasteiger partial charge in [-0.05, 0) is 12.0 Å². The molecular weight excluding hydrogens is 296 g/mol. The molecule has 0 aromatic heterocycles. The maximum Gasteiger partial charge on any atom is 0.500 e. The minimum absolute atomic E-state index is 0.870. The molecule has 0 aliphatic heterocycles. The van der Waals surface area contributed by atoms with Crippen LogP contribution in [0.25, 0.3) is 0 Å². The molecule has 0 aliphatic rings. The molecule has 0 aliphatic carbocycles. The first-order chi connectivity index (χ1) is 9.26. The summed E-state index contributed by atoms with van der Waals surface area (Å²) in [6.45, 7) is 0. The van der Waals surface area contributed by atoms with Crippen molar-refractivity contribution in [3.05, 3.63) is 35.9 Å². The van der Waals surface area contributed by atoms with E-state index in [1.807, 2.05) is 27.7 Å². The Kier molecular flexibility index (Phi) is 8.85. The highest BCUT2D eigenvalue weighted by Gasteiger charge is 2.36. The van der Waals surface area contributed by atoms with Gasteiger partial charge in [0.15, 0.2) is 0 Å². The van der Waals surface area contributed by atoms with Crippen LogP contribution in [0.2, 0.25) is 6.04 Å². The average Bonchev–Trinajstić information content (AvgIpc) is 2.48. The summed E-state index contributed by atoms with van der Waals surface area (Å²) in [5, 5.41) is 0. The second-order valence-electron chi connectivity index (χ2n) is 3.97. The van der Waals surface area contributed by atoms with Crippen LogP contribution in [-0.2, 0) is 19.0 Å². The third-order valence-corrected chi connectivity index (χ3v) is 8.05. The molecule has 0 spiro atoms. The lowest BCUT2D eigenvalue weighted by Crippen LogP contribution is -2.42. The van der Waals surface area contributed by atoms with Crippen molar-refractivity contribution in [1.82, 2.24) is 0 Å². The summed E-state index contributed by atoms with van der Waals surface area (Å²) in [6, 6.07) is 11.4. The van der Waals surface area contributed by atoms with E-state index in [2.05, 4.69) is 24.3 Å². The van der Waals surface area contributed by atoms with E-state index in [-0.39, 0.29) is 0 Å². The van der Waals surface area contributed by atoms with Crippen molar-refractivity contribution in [3.8, 4) is 0 Å². The molecule has 0 fully saturated rings. The lowest BCUT2D eigenvalue weighted by Gasteiger charge is -2.24. The maximum atomic E-state index is 5.39. The van der Waals surface area contributed by atoms with Crippen LogP contribution in [-0.4, -0.2) is 35.9 Å². The summed E-state index contributed by atoms with van der Waals surface area (Å²) in [4.78, 5) is 0. The van der Waals surface area contributed by atoms with Crippen molar-refractivity contribution < 1.29 is 13.3 Å². The first kappa shape index (κ1) is 17.1. The van der Waals surface area contributed by atoms with Gasteiger partial charge >= 0.3 is 8.80 Å². The highest BCUT2D eigenvalue weighted by Crippen LogP contribution is 2.28. The smallest absolute Gasteiger partial charge is 0.377 e. The number of rotatable bonds is 10. The van der Waals surface area contributed by atoms with Gasteiger partial charge < -0.3 is 13.3 Å². The van der Waals surface area contributed by atoms with Crippen LogP contribution in [0.4, 0.5) is 0 Å². The highest BCUT2D eigenvalue weighted by molar-refractivity contribution is 8.76. The monoisotopic (exact) mass is 318 g/mol. The minimum Gasteiger partial charge on any atom is -0.377 e. The largest absolute Gasteiger partial charge is 0.500 e. The number of benzene rings is 1. The summed E-state index contributed by atoms with van der Waals surface area (Å²) >= 11 is 0. The summed E-state index contributed by atoms with van der Waals surface area (Å²) in [5.74, 6) is 2.13. The van der Waals surface area contributed by atoms with Gasteiger partial charge in [0.05, 0.1) is 0 Å². The third kappa shape index (κ3) is 6.33. The molecule has 19 heavy (non-hydrogen) atoms. The van der Waals surface area contributed by atoms with Gasteiger partial charge in [0, 0.05) is 38.9 Å². The van der Waals surface area contributed by atoms with Crippen molar-refractivity contribution in [3.63, 3.8) is 0 Å². The van der Waals surface area contributed by atoms with Gasteiger partial charge in [-0.2, -0.15) is 0 Å². The SMILES string of the molecule is CO[Si](CCCSSCc1ccccc1)(OC)OC. The molecule has 1 aromatic rings. The molecular formula is C13H22O3S2Si. The summed E-state index contributed by atoms with van der Waals surface area (Å²) in [5.41, 5.74) is 1.37. The fourth-order valence-corrected chi connectivity index (χ4v) is 5.78. The Morgan fingerprint density at radius 2 is 1.58 bits per heavy atom. The van der Waals surface area contributed by atoms with Gasteiger partial charge in [0.2, 0.25) is 0 Å². The quantitative estimate of drug-likeness (QED) is 0.371. The van der Waals surface area contributed by atoms with Crippen molar-refractivity contribution in [1.29, 1.82) is 0 Å². The lowest BCUT2D eigenvalue weighted by molar-refractivity contribution is 0.123. The van der Waals surface area contributed by atoms with Gasteiger partial charge in [0.25, 0.3) is 0 Å². The predicted molar refractivity (Wildman–Crippen MR) is 86.4 cm³/mol. The normalized spacial score (nSPS) is 11.7. The highest BCUT2D eigenvalue weighted by atomic mass is 33.1. The van der Waals surface area contributed by atoms with Crippen LogP contribution in [0, 0.1) is 0 Å². The molecule has 0 saturated heterocycles. The van der Waals surface area contributed by atoms with Gasteiger partial charge in [0.1, 0.15) is 0 Å². The molecule has 1 rings (SSSR count). The first-order valence-electron chi connectivity index (χ1n) is 6.20. The Labute approximate surface area is 125 Å². The summed E-state index contributed by atoms with van der Waals surface area (Å²) < 4.78 is 16.2. The third-order valence-electron chi connectivity index (χ3n) is 2.80. The fraction of sp³-hybridized carbons (Fsp3) is 0.538. The molecule has 0 amide bonds. The zero-order valence-electron chi connectivity index (χ0n) is 11.8. The number of hydrogen-bond donors (Lipinski definition) is 0. The zero-order valence-corrected chi connectivity index (χ0v) is 14.4. The van der Waals surface area contributed by atoms with Crippen molar-refractivity contribution >= 4 is 30.4 Å². The molecule has 0 N–H and O–H groups in total. The van der Waals surface area contributed by atoms with Crippen molar-refractivity contribution in [2.45, 2.75) is 18.2 Å². The lowest BCUT2D eigenvalue weighted by atomic mass is 10.2. The Bertz CT molecular complexity index is 326. The zero-order chi connectivity index (χ0) is 14.0. The van der Waals surface area contributed by atoms with Crippen LogP contribution < -0.4 is 0 Å². The Hall–Kier alpha value is 0.0169. The van der Waals surface area contributed by atoms with E-state index in [0.29, 0.717) is 0 Å². The van der Waals surface area contributed by atoms with Gasteiger partial charge in [-0.1, -0.05) is 51.9 Å². The Morgan fingerprint density at radius 1 is 0.947 bits per heavy atom. The van der Waals surface area contributed by atoms with Crippen LogP contribution in [0.5, 0.6) is 0 Å². The second-order valence-corrected chi connectivity index (χ2v) is 9.64. The molecule has 0 saturated carbocycles. The molecule has 0 heterocycles. The molecule has 0 radical (unpaired) electrons. The van der Waals surface area contributed by atoms with Crippen LogP contribution >= 0.6 is 21.6 Å². The van der Waals surface area contributed by atoms with E-state index in [4.69, 9.17) is 13.3 Å². The Balaban J connectivity index is 2.11. The minimum atomic E-state index is -2.36. The standard InChI is InChI=1S/C13H22O3S2Si/c1-14-19(15-2,16-3)11-7-10-17-18-12-13-8-5-4-6-9-13/h4-6,8-9H,7,10-12H2,1-3H3. The van der Waals surface area contributed by atoms with Crippen LogP contribution in [0.15, 0.2) is 30.3 Å². The van der Waals surface area contributed by atoms with Crippen LogP contribution in [0.1, 0.15) is 12.0 Å². The van der Waals surface area contributed by atoms with Gasteiger partial charge in [-0.3, -0.25) is 0 Å². The van der Waals surface area contributed by atoms with E-state index in [1.165, 1.54) is 5.56 Å². The maximum absolute atomic E-state index is 5.39. The van der Waals surface area contributed by atoms with Crippen molar-refractivity contribution in [2.75, 3.05) is 27.1 Å². The van der Waals surface area contributed by atoms with Gasteiger partial charge in [-0.15, -0.1) is 0 Å². The molecule has 108 valence electrons. The van der Waals surface area contributed by atoms with E-state index >= 15 is 0 Å². The topological polar surface area (TPSA) is 27.7 Å².